The summed E-state index contributed by atoms with van der Waals surface area (Å²) in [5.41, 5.74) is 7.96. The van der Waals surface area contributed by atoms with Crippen molar-refractivity contribution in [3.05, 3.63) is 125 Å². The number of nitrogens with one attached hydrogen (secondary N) is 1. The summed E-state index contributed by atoms with van der Waals surface area (Å²) in [5.74, 6) is -1.66. The van der Waals surface area contributed by atoms with Crippen molar-refractivity contribution in [3.63, 3.8) is 0 Å². The van der Waals surface area contributed by atoms with Gasteiger partial charge in [0.25, 0.3) is 0 Å². The Hall–Kier alpha value is -4.62. The molecule has 1 N–H and O–H groups in total. The molecule has 0 saturated carbocycles. The van der Waals surface area contributed by atoms with E-state index in [4.69, 9.17) is 5.10 Å². The van der Waals surface area contributed by atoms with Crippen molar-refractivity contribution in [2.24, 2.45) is 16.9 Å². The van der Waals surface area contributed by atoms with Crippen LogP contribution in [0.25, 0.3) is 10.2 Å². The van der Waals surface area contributed by atoms with Crippen molar-refractivity contribution in [2.75, 3.05) is 10.3 Å². The van der Waals surface area contributed by atoms with Crippen LogP contribution in [0.2, 0.25) is 0 Å². The second kappa shape index (κ2) is 8.19. The largest absolute Gasteiger partial charge is 0.274 e. The topological polar surface area (TPSA) is 74.7 Å². The van der Waals surface area contributed by atoms with E-state index in [0.29, 0.717) is 10.8 Å². The molecule has 2 atom stereocenters. The standard InChI is InChI=1S/C32H22N4O2S/c37-29-27-26-20-12-4-6-14-22(20)32(23-15-7-5-13-21(23)26,28(27)30(38)36(29)19-10-2-1-3-11-19)18-33-35-31-34-24-16-8-9-17-25(24)39-31/h1-18,26-28H,(H,34,35)/b33-18-/t26?,27-,28+,32?/m0/s1. The van der Waals surface area contributed by atoms with Crippen LogP contribution in [-0.2, 0) is 15.0 Å². The predicted octanol–water partition coefficient (Wildman–Crippen LogP) is 5.95. The van der Waals surface area contributed by atoms with Crippen LogP contribution < -0.4 is 10.3 Å². The average molecular weight is 527 g/mol. The highest BCUT2D eigenvalue weighted by Crippen LogP contribution is 2.63. The maximum atomic E-state index is 14.3. The number of para-hydroxylation sites is 2. The molecule has 188 valence electrons. The van der Waals surface area contributed by atoms with E-state index in [1.54, 1.807) is 0 Å². The number of aromatic nitrogens is 1. The lowest BCUT2D eigenvalue weighted by atomic mass is 9.47. The number of nitrogens with zero attached hydrogens (tertiary/aromatic N) is 3. The van der Waals surface area contributed by atoms with Crippen molar-refractivity contribution in [1.82, 2.24) is 4.98 Å². The fraction of sp³-hybridized carbons (Fsp3) is 0.125. The van der Waals surface area contributed by atoms with Gasteiger partial charge in [-0.05, 0) is 46.5 Å². The molecular formula is C32H22N4O2S. The summed E-state index contributed by atoms with van der Waals surface area (Å²) in [5, 5.41) is 5.41. The van der Waals surface area contributed by atoms with E-state index < -0.39 is 17.3 Å². The zero-order valence-electron chi connectivity index (χ0n) is 20.7. The number of anilines is 2. The zero-order valence-corrected chi connectivity index (χ0v) is 21.5. The van der Waals surface area contributed by atoms with Crippen LogP contribution in [0, 0.1) is 11.8 Å². The number of carbonyl (C=O) groups is 2. The first-order chi connectivity index (χ1) is 19.2. The first-order valence-electron chi connectivity index (χ1n) is 13.0. The first kappa shape index (κ1) is 22.4. The van der Waals surface area contributed by atoms with E-state index in [-0.39, 0.29) is 17.7 Å². The van der Waals surface area contributed by atoms with Gasteiger partial charge in [-0.3, -0.25) is 15.0 Å². The summed E-state index contributed by atoms with van der Waals surface area (Å²) in [7, 11) is 0. The Balaban J connectivity index is 1.32. The molecule has 5 aromatic rings. The normalized spacial score (nSPS) is 24.7. The Morgan fingerprint density at radius 1 is 0.795 bits per heavy atom. The molecule has 1 saturated heterocycles. The lowest BCUT2D eigenvalue weighted by Crippen LogP contribution is -2.54. The lowest BCUT2D eigenvalue weighted by Gasteiger charge is -2.52. The molecule has 1 fully saturated rings. The van der Waals surface area contributed by atoms with Crippen molar-refractivity contribution in [2.45, 2.75) is 11.3 Å². The van der Waals surface area contributed by atoms with Crippen LogP contribution in [0.4, 0.5) is 10.8 Å². The Bertz CT molecular complexity index is 1750. The molecule has 2 amide bonds. The van der Waals surface area contributed by atoms with Crippen LogP contribution in [0.15, 0.2) is 108 Å². The summed E-state index contributed by atoms with van der Waals surface area (Å²) in [6.45, 7) is 0. The van der Waals surface area contributed by atoms with E-state index in [0.717, 1.165) is 32.5 Å². The van der Waals surface area contributed by atoms with Crippen molar-refractivity contribution in [1.29, 1.82) is 0 Å². The summed E-state index contributed by atoms with van der Waals surface area (Å²) < 4.78 is 1.07. The molecule has 7 heteroatoms. The number of hydrogen-bond acceptors (Lipinski definition) is 6. The summed E-state index contributed by atoms with van der Waals surface area (Å²) in [6.07, 6.45) is 1.85. The molecule has 4 aromatic carbocycles. The Labute approximate surface area is 228 Å². The van der Waals surface area contributed by atoms with Crippen LogP contribution in [0.1, 0.15) is 28.2 Å². The molecule has 4 aliphatic rings. The van der Waals surface area contributed by atoms with Gasteiger partial charge in [-0.1, -0.05) is 90.2 Å². The maximum absolute atomic E-state index is 14.3. The van der Waals surface area contributed by atoms with Gasteiger partial charge >= 0.3 is 0 Å². The Morgan fingerprint density at radius 2 is 1.44 bits per heavy atom. The fourth-order valence-corrected chi connectivity index (χ4v) is 7.81. The highest BCUT2D eigenvalue weighted by Gasteiger charge is 2.68. The minimum atomic E-state index is -0.910. The monoisotopic (exact) mass is 526 g/mol. The molecule has 2 heterocycles. The second-order valence-corrected chi connectivity index (χ2v) is 11.3. The summed E-state index contributed by atoms with van der Waals surface area (Å²) >= 11 is 1.52. The van der Waals surface area contributed by atoms with Gasteiger partial charge in [0.1, 0.15) is 0 Å². The van der Waals surface area contributed by atoms with Gasteiger partial charge in [-0.15, -0.1) is 0 Å². The number of hydrazone groups is 1. The molecule has 6 nitrogen and oxygen atoms in total. The highest BCUT2D eigenvalue weighted by molar-refractivity contribution is 7.22. The summed E-state index contributed by atoms with van der Waals surface area (Å²) in [6, 6.07) is 33.6. The number of amides is 2. The fourth-order valence-electron chi connectivity index (χ4n) is 6.99. The van der Waals surface area contributed by atoms with Crippen LogP contribution in [0.3, 0.4) is 0 Å². The van der Waals surface area contributed by atoms with E-state index in [1.165, 1.54) is 16.2 Å². The van der Waals surface area contributed by atoms with Crippen molar-refractivity contribution < 1.29 is 9.59 Å². The summed E-state index contributed by atoms with van der Waals surface area (Å²) in [4.78, 5) is 34.5. The predicted molar refractivity (Wildman–Crippen MR) is 153 cm³/mol. The SMILES string of the molecule is O=C1[C@H]2C3c4ccccc4C(/C=N\Nc4nc5ccccc5s4)(c4ccccc43)[C@H]2C(=O)N1c1ccccc1. The minimum Gasteiger partial charge on any atom is -0.274 e. The minimum absolute atomic E-state index is 0.151. The number of benzene rings is 4. The Morgan fingerprint density at radius 3 is 2.15 bits per heavy atom. The molecule has 39 heavy (non-hydrogen) atoms. The second-order valence-electron chi connectivity index (χ2n) is 10.2. The molecule has 1 aromatic heterocycles. The van der Waals surface area contributed by atoms with Gasteiger partial charge in [0.15, 0.2) is 0 Å². The number of imide groups is 1. The average Bonchev–Trinajstić information content (AvgIpc) is 3.52. The smallest absolute Gasteiger partial charge is 0.239 e. The van der Waals surface area contributed by atoms with Crippen LogP contribution >= 0.6 is 11.3 Å². The number of thiazole rings is 1. The van der Waals surface area contributed by atoms with Gasteiger partial charge in [-0.2, -0.15) is 5.10 Å². The third-order valence-electron chi connectivity index (χ3n) is 8.42. The van der Waals surface area contributed by atoms with Crippen molar-refractivity contribution in [3.8, 4) is 0 Å². The van der Waals surface area contributed by atoms with Gasteiger partial charge in [-0.25, -0.2) is 9.88 Å². The first-order valence-corrected chi connectivity index (χ1v) is 13.8. The van der Waals surface area contributed by atoms with E-state index in [2.05, 4.69) is 34.7 Å². The number of carbonyl (C=O) groups excluding carboxylic acids is 2. The molecule has 9 rings (SSSR count). The molecule has 0 unspecified atom stereocenters. The molecular weight excluding hydrogens is 504 g/mol. The lowest BCUT2D eigenvalue weighted by molar-refractivity contribution is -0.122. The van der Waals surface area contributed by atoms with Crippen molar-refractivity contribution >= 4 is 50.4 Å². The van der Waals surface area contributed by atoms with Gasteiger partial charge < -0.3 is 0 Å². The van der Waals surface area contributed by atoms with E-state index in [1.807, 2.05) is 85.1 Å². The maximum Gasteiger partial charge on any atom is 0.239 e. The molecule has 0 spiro atoms. The third kappa shape index (κ3) is 2.96. The number of hydrogen-bond donors (Lipinski definition) is 1. The molecule has 1 aliphatic heterocycles. The zero-order chi connectivity index (χ0) is 26.1. The van der Waals surface area contributed by atoms with Gasteiger partial charge in [0.2, 0.25) is 16.9 Å². The molecule has 2 bridgehead atoms. The molecule has 3 aliphatic carbocycles. The van der Waals surface area contributed by atoms with E-state index >= 15 is 0 Å². The number of rotatable bonds is 4. The van der Waals surface area contributed by atoms with E-state index in [9.17, 15) is 9.59 Å². The van der Waals surface area contributed by atoms with Crippen LogP contribution in [0.5, 0.6) is 0 Å². The van der Waals surface area contributed by atoms with Gasteiger partial charge in [0, 0.05) is 12.1 Å². The highest BCUT2D eigenvalue weighted by atomic mass is 32.1. The number of fused-ring (bicyclic) bond motifs is 1. The third-order valence-corrected chi connectivity index (χ3v) is 9.36. The van der Waals surface area contributed by atoms with Gasteiger partial charge in [0.05, 0.1) is 33.2 Å². The Kier molecular flexibility index (Phi) is 4.70. The quantitative estimate of drug-likeness (QED) is 0.179. The van der Waals surface area contributed by atoms with Crippen LogP contribution in [-0.4, -0.2) is 23.0 Å². The molecule has 0 radical (unpaired) electrons.